The van der Waals surface area contributed by atoms with Crippen molar-refractivity contribution in [2.75, 3.05) is 19.8 Å². The van der Waals surface area contributed by atoms with Gasteiger partial charge in [0.1, 0.15) is 0 Å². The highest BCUT2D eigenvalue weighted by atomic mass is 16.5. The van der Waals surface area contributed by atoms with Crippen molar-refractivity contribution in [2.45, 2.75) is 26.3 Å². The highest BCUT2D eigenvalue weighted by molar-refractivity contribution is 5.12. The Hall–Kier alpha value is -0.930. The number of nitrogens with zero attached hydrogens (tertiary/aromatic N) is 1. The standard InChI is InChI=1S/C13H20N2O/c1-11-2-3-13(10-15-11)9-14-8-12-4-6-16-7-5-12/h2-3,10,12,14H,4-9H2,1H3. The fourth-order valence-corrected chi connectivity index (χ4v) is 1.97. The minimum Gasteiger partial charge on any atom is -0.381 e. The Morgan fingerprint density at radius 3 is 2.88 bits per heavy atom. The SMILES string of the molecule is Cc1ccc(CNCC2CCOCC2)cn1. The number of pyridine rings is 1. The summed E-state index contributed by atoms with van der Waals surface area (Å²) in [6.07, 6.45) is 4.34. The summed E-state index contributed by atoms with van der Waals surface area (Å²) in [7, 11) is 0. The van der Waals surface area contributed by atoms with E-state index in [4.69, 9.17) is 4.74 Å². The quantitative estimate of drug-likeness (QED) is 0.841. The van der Waals surface area contributed by atoms with Gasteiger partial charge in [0.05, 0.1) is 0 Å². The summed E-state index contributed by atoms with van der Waals surface area (Å²) in [6.45, 7) is 5.89. The molecule has 0 aromatic carbocycles. The average Bonchev–Trinajstić information content (AvgIpc) is 2.33. The number of hydrogen-bond acceptors (Lipinski definition) is 3. The summed E-state index contributed by atoms with van der Waals surface area (Å²) < 4.78 is 5.34. The minimum atomic E-state index is 0.784. The van der Waals surface area contributed by atoms with Crippen molar-refractivity contribution in [3.8, 4) is 0 Å². The van der Waals surface area contributed by atoms with E-state index < -0.39 is 0 Å². The zero-order chi connectivity index (χ0) is 11.2. The molecule has 1 N–H and O–H groups in total. The summed E-state index contributed by atoms with van der Waals surface area (Å²) in [4.78, 5) is 4.28. The van der Waals surface area contributed by atoms with E-state index in [0.29, 0.717) is 0 Å². The Balaban J connectivity index is 1.69. The van der Waals surface area contributed by atoms with E-state index >= 15 is 0 Å². The maximum absolute atomic E-state index is 5.34. The van der Waals surface area contributed by atoms with E-state index in [-0.39, 0.29) is 0 Å². The van der Waals surface area contributed by atoms with Crippen LogP contribution in [0.15, 0.2) is 18.3 Å². The van der Waals surface area contributed by atoms with Crippen LogP contribution in [0.3, 0.4) is 0 Å². The molecule has 0 radical (unpaired) electrons. The van der Waals surface area contributed by atoms with Crippen LogP contribution in [0.4, 0.5) is 0 Å². The first-order valence-corrected chi connectivity index (χ1v) is 6.04. The molecule has 1 saturated heterocycles. The average molecular weight is 220 g/mol. The van der Waals surface area contributed by atoms with Gasteiger partial charge in [-0.2, -0.15) is 0 Å². The summed E-state index contributed by atoms with van der Waals surface area (Å²) >= 11 is 0. The van der Waals surface area contributed by atoms with Gasteiger partial charge in [-0.05, 0) is 43.9 Å². The van der Waals surface area contributed by atoms with E-state index in [2.05, 4.69) is 22.4 Å². The second-order valence-electron chi connectivity index (χ2n) is 4.49. The molecular weight excluding hydrogens is 200 g/mol. The summed E-state index contributed by atoms with van der Waals surface area (Å²) in [5.41, 5.74) is 2.34. The molecule has 2 rings (SSSR count). The number of aromatic nitrogens is 1. The monoisotopic (exact) mass is 220 g/mol. The van der Waals surface area contributed by atoms with Crippen LogP contribution in [-0.2, 0) is 11.3 Å². The van der Waals surface area contributed by atoms with Gasteiger partial charge in [-0.1, -0.05) is 6.07 Å². The highest BCUT2D eigenvalue weighted by Crippen LogP contribution is 2.13. The number of rotatable bonds is 4. The van der Waals surface area contributed by atoms with Crippen LogP contribution < -0.4 is 5.32 Å². The van der Waals surface area contributed by atoms with Crippen LogP contribution in [0, 0.1) is 12.8 Å². The Kier molecular flexibility index (Phi) is 4.31. The van der Waals surface area contributed by atoms with Gasteiger partial charge in [-0.3, -0.25) is 4.98 Å². The molecule has 0 amide bonds. The van der Waals surface area contributed by atoms with Crippen LogP contribution in [0.2, 0.25) is 0 Å². The Morgan fingerprint density at radius 1 is 1.38 bits per heavy atom. The molecule has 2 heterocycles. The topological polar surface area (TPSA) is 34.1 Å². The van der Waals surface area contributed by atoms with E-state index in [1.165, 1.54) is 18.4 Å². The lowest BCUT2D eigenvalue weighted by Crippen LogP contribution is -2.27. The highest BCUT2D eigenvalue weighted by Gasteiger charge is 2.12. The molecule has 0 aliphatic carbocycles. The molecule has 0 saturated carbocycles. The fourth-order valence-electron chi connectivity index (χ4n) is 1.97. The first-order valence-electron chi connectivity index (χ1n) is 6.04. The van der Waals surface area contributed by atoms with E-state index in [0.717, 1.165) is 37.9 Å². The van der Waals surface area contributed by atoms with Crippen LogP contribution in [-0.4, -0.2) is 24.7 Å². The molecule has 0 spiro atoms. The molecule has 1 aromatic heterocycles. The molecule has 1 aliphatic heterocycles. The first-order chi connectivity index (χ1) is 7.84. The minimum absolute atomic E-state index is 0.784. The molecular formula is C13H20N2O. The van der Waals surface area contributed by atoms with Crippen molar-refractivity contribution in [3.63, 3.8) is 0 Å². The van der Waals surface area contributed by atoms with Gasteiger partial charge in [-0.25, -0.2) is 0 Å². The number of ether oxygens (including phenoxy) is 1. The van der Waals surface area contributed by atoms with Gasteiger partial charge >= 0.3 is 0 Å². The van der Waals surface area contributed by atoms with Crippen LogP contribution in [0.5, 0.6) is 0 Å². The number of nitrogens with one attached hydrogen (secondary N) is 1. The van der Waals surface area contributed by atoms with Gasteiger partial charge in [0.25, 0.3) is 0 Å². The molecule has 0 unspecified atom stereocenters. The second-order valence-corrected chi connectivity index (χ2v) is 4.49. The lowest BCUT2D eigenvalue weighted by molar-refractivity contribution is 0.0662. The fraction of sp³-hybridized carbons (Fsp3) is 0.615. The van der Waals surface area contributed by atoms with Crippen molar-refractivity contribution >= 4 is 0 Å². The van der Waals surface area contributed by atoms with Gasteiger partial charge in [0.15, 0.2) is 0 Å². The Labute approximate surface area is 97.2 Å². The molecule has 0 bridgehead atoms. The third-order valence-electron chi connectivity index (χ3n) is 3.08. The van der Waals surface area contributed by atoms with Crippen molar-refractivity contribution in [3.05, 3.63) is 29.6 Å². The third kappa shape index (κ3) is 3.58. The Bertz CT molecular complexity index is 304. The maximum atomic E-state index is 5.34. The van der Waals surface area contributed by atoms with Crippen LogP contribution in [0.1, 0.15) is 24.1 Å². The molecule has 3 heteroatoms. The van der Waals surface area contributed by atoms with Crippen molar-refractivity contribution < 1.29 is 4.74 Å². The summed E-state index contributed by atoms with van der Waals surface area (Å²) in [6, 6.07) is 4.20. The normalized spacial score (nSPS) is 17.6. The van der Waals surface area contributed by atoms with Gasteiger partial charge in [0, 0.05) is 31.6 Å². The molecule has 16 heavy (non-hydrogen) atoms. The van der Waals surface area contributed by atoms with Crippen molar-refractivity contribution in [1.82, 2.24) is 10.3 Å². The van der Waals surface area contributed by atoms with E-state index in [1.54, 1.807) is 0 Å². The van der Waals surface area contributed by atoms with Crippen molar-refractivity contribution in [1.29, 1.82) is 0 Å². The number of hydrogen-bond donors (Lipinski definition) is 1. The molecule has 88 valence electrons. The molecule has 1 aromatic rings. The van der Waals surface area contributed by atoms with Gasteiger partial charge in [0.2, 0.25) is 0 Å². The largest absolute Gasteiger partial charge is 0.381 e. The van der Waals surface area contributed by atoms with Crippen molar-refractivity contribution in [2.24, 2.45) is 5.92 Å². The van der Waals surface area contributed by atoms with E-state index in [9.17, 15) is 0 Å². The predicted molar refractivity (Wildman–Crippen MR) is 64.2 cm³/mol. The van der Waals surface area contributed by atoms with Gasteiger partial charge in [-0.15, -0.1) is 0 Å². The van der Waals surface area contributed by atoms with Crippen LogP contribution in [0.25, 0.3) is 0 Å². The van der Waals surface area contributed by atoms with E-state index in [1.807, 2.05) is 13.1 Å². The van der Waals surface area contributed by atoms with Crippen LogP contribution >= 0.6 is 0 Å². The lowest BCUT2D eigenvalue weighted by Gasteiger charge is -2.22. The summed E-state index contributed by atoms with van der Waals surface area (Å²) in [5, 5.41) is 3.50. The third-order valence-corrected chi connectivity index (χ3v) is 3.08. The summed E-state index contributed by atoms with van der Waals surface area (Å²) in [5.74, 6) is 0.784. The Morgan fingerprint density at radius 2 is 2.19 bits per heavy atom. The molecule has 0 atom stereocenters. The predicted octanol–water partition coefficient (Wildman–Crippen LogP) is 1.91. The number of aryl methyl sites for hydroxylation is 1. The smallest absolute Gasteiger partial charge is 0.0469 e. The first kappa shape index (κ1) is 11.6. The molecule has 1 fully saturated rings. The zero-order valence-corrected chi connectivity index (χ0v) is 9.91. The lowest BCUT2D eigenvalue weighted by atomic mass is 10.0. The second kappa shape index (κ2) is 5.97. The molecule has 1 aliphatic rings. The maximum Gasteiger partial charge on any atom is 0.0469 e. The zero-order valence-electron chi connectivity index (χ0n) is 9.91. The van der Waals surface area contributed by atoms with Gasteiger partial charge < -0.3 is 10.1 Å². The molecule has 3 nitrogen and oxygen atoms in total.